The van der Waals surface area contributed by atoms with E-state index in [1.165, 1.54) is 31.9 Å². The standard InChI is InChI=1S/C11H9N3O5/c1-19-9-5-7(4-8(10(9)15)14(17)18)11(16)13-3-2-12-6-13/h2-6,15H,1H3. The fourth-order valence-corrected chi connectivity index (χ4v) is 1.54. The topological polar surface area (TPSA) is 107 Å². The van der Waals surface area contributed by atoms with Crippen LogP contribution in [0.25, 0.3) is 0 Å². The molecule has 1 heterocycles. The van der Waals surface area contributed by atoms with Gasteiger partial charge in [-0.05, 0) is 6.07 Å². The highest BCUT2D eigenvalue weighted by molar-refractivity contribution is 5.97. The molecule has 0 aliphatic carbocycles. The molecule has 0 bridgehead atoms. The number of nitrogens with zero attached hydrogens (tertiary/aromatic N) is 3. The Morgan fingerprint density at radius 2 is 2.26 bits per heavy atom. The Kier molecular flexibility index (Phi) is 3.15. The van der Waals surface area contributed by atoms with Gasteiger partial charge < -0.3 is 9.84 Å². The molecule has 0 fully saturated rings. The third kappa shape index (κ3) is 2.23. The van der Waals surface area contributed by atoms with E-state index in [0.29, 0.717) is 0 Å². The largest absolute Gasteiger partial charge is 0.500 e. The molecule has 1 N–H and O–H groups in total. The van der Waals surface area contributed by atoms with Gasteiger partial charge in [-0.1, -0.05) is 0 Å². The van der Waals surface area contributed by atoms with Crippen LogP contribution in [0, 0.1) is 10.1 Å². The molecule has 1 aromatic carbocycles. The van der Waals surface area contributed by atoms with Crippen LogP contribution in [0.2, 0.25) is 0 Å². The Labute approximate surface area is 107 Å². The number of imidazole rings is 1. The number of nitro groups is 1. The molecule has 0 radical (unpaired) electrons. The second-order valence-electron chi connectivity index (χ2n) is 3.58. The fourth-order valence-electron chi connectivity index (χ4n) is 1.54. The van der Waals surface area contributed by atoms with E-state index in [4.69, 9.17) is 4.74 Å². The number of nitro benzene ring substituents is 1. The lowest BCUT2D eigenvalue weighted by molar-refractivity contribution is -0.386. The molecule has 2 rings (SSSR count). The average Bonchev–Trinajstić information content (AvgIpc) is 2.91. The summed E-state index contributed by atoms with van der Waals surface area (Å²) in [6.07, 6.45) is 4.09. The first-order valence-electron chi connectivity index (χ1n) is 5.12. The molecule has 0 spiro atoms. The normalized spacial score (nSPS) is 10.2. The summed E-state index contributed by atoms with van der Waals surface area (Å²) in [4.78, 5) is 25.8. The maximum absolute atomic E-state index is 12.0. The van der Waals surface area contributed by atoms with Gasteiger partial charge in [0, 0.05) is 18.5 Å². The maximum Gasteiger partial charge on any atom is 0.315 e. The first kappa shape index (κ1) is 12.6. The Balaban J connectivity index is 2.55. The van der Waals surface area contributed by atoms with Gasteiger partial charge in [-0.3, -0.25) is 19.5 Å². The Bertz CT molecular complexity index is 636. The van der Waals surface area contributed by atoms with Crippen LogP contribution in [0.15, 0.2) is 30.9 Å². The van der Waals surface area contributed by atoms with Crippen molar-refractivity contribution in [2.24, 2.45) is 0 Å². The van der Waals surface area contributed by atoms with Crippen molar-refractivity contribution in [1.82, 2.24) is 9.55 Å². The number of carbonyl (C=O) groups excluding carboxylic acids is 1. The van der Waals surface area contributed by atoms with Crippen LogP contribution in [-0.2, 0) is 0 Å². The second-order valence-corrected chi connectivity index (χ2v) is 3.58. The first-order valence-corrected chi connectivity index (χ1v) is 5.12. The molecular formula is C11H9N3O5. The highest BCUT2D eigenvalue weighted by Gasteiger charge is 2.22. The van der Waals surface area contributed by atoms with E-state index in [1.54, 1.807) is 0 Å². The molecule has 8 nitrogen and oxygen atoms in total. The summed E-state index contributed by atoms with van der Waals surface area (Å²) < 4.78 is 5.97. The highest BCUT2D eigenvalue weighted by Crippen LogP contribution is 2.36. The maximum atomic E-state index is 12.0. The van der Waals surface area contributed by atoms with Gasteiger partial charge in [0.2, 0.25) is 5.75 Å². The summed E-state index contributed by atoms with van der Waals surface area (Å²) in [5, 5.41) is 20.4. The summed E-state index contributed by atoms with van der Waals surface area (Å²) in [5.74, 6) is -1.27. The number of hydrogen-bond acceptors (Lipinski definition) is 6. The molecule has 1 aromatic heterocycles. The highest BCUT2D eigenvalue weighted by atomic mass is 16.6. The minimum Gasteiger partial charge on any atom is -0.500 e. The van der Waals surface area contributed by atoms with Crippen LogP contribution >= 0.6 is 0 Å². The van der Waals surface area contributed by atoms with Crippen LogP contribution in [0.4, 0.5) is 5.69 Å². The molecule has 0 saturated heterocycles. The molecule has 2 aromatic rings. The zero-order chi connectivity index (χ0) is 14.0. The van der Waals surface area contributed by atoms with Crippen LogP contribution < -0.4 is 4.74 Å². The number of hydrogen-bond donors (Lipinski definition) is 1. The van der Waals surface area contributed by atoms with Crippen molar-refractivity contribution in [2.45, 2.75) is 0 Å². The van der Waals surface area contributed by atoms with E-state index < -0.39 is 22.3 Å². The molecule has 0 unspecified atom stereocenters. The van der Waals surface area contributed by atoms with Crippen LogP contribution in [0.5, 0.6) is 11.5 Å². The molecule has 8 heteroatoms. The quantitative estimate of drug-likeness (QED) is 0.658. The van der Waals surface area contributed by atoms with Crippen LogP contribution in [-0.4, -0.2) is 32.6 Å². The SMILES string of the molecule is COc1cc(C(=O)n2ccnc2)cc([N+](=O)[O-])c1O. The number of ether oxygens (including phenoxy) is 1. The number of aromatic nitrogens is 2. The van der Waals surface area contributed by atoms with Gasteiger partial charge in [-0.25, -0.2) is 4.98 Å². The van der Waals surface area contributed by atoms with Crippen LogP contribution in [0.3, 0.4) is 0 Å². The predicted molar refractivity (Wildman–Crippen MR) is 63.3 cm³/mol. The van der Waals surface area contributed by atoms with Gasteiger partial charge >= 0.3 is 5.69 Å². The number of phenolic OH excluding ortho intramolecular Hbond substituents is 1. The van der Waals surface area contributed by atoms with E-state index in [0.717, 1.165) is 10.6 Å². The Morgan fingerprint density at radius 3 is 2.79 bits per heavy atom. The summed E-state index contributed by atoms with van der Waals surface area (Å²) in [5.41, 5.74) is -0.581. The predicted octanol–water partition coefficient (Wildman–Crippen LogP) is 1.19. The molecule has 0 aliphatic heterocycles. The summed E-state index contributed by atoms with van der Waals surface area (Å²) >= 11 is 0. The smallest absolute Gasteiger partial charge is 0.315 e. The minimum absolute atomic E-state index is 0.0133. The van der Waals surface area contributed by atoms with Crippen molar-refractivity contribution in [3.8, 4) is 11.5 Å². The van der Waals surface area contributed by atoms with Crippen molar-refractivity contribution < 1.29 is 19.6 Å². The van der Waals surface area contributed by atoms with Gasteiger partial charge in [0.1, 0.15) is 6.33 Å². The molecule has 0 amide bonds. The van der Waals surface area contributed by atoms with E-state index in [1.807, 2.05) is 0 Å². The van der Waals surface area contributed by atoms with E-state index in [2.05, 4.69) is 4.98 Å². The number of carbonyl (C=O) groups is 1. The zero-order valence-corrected chi connectivity index (χ0v) is 9.81. The number of aromatic hydroxyl groups is 1. The lowest BCUT2D eigenvalue weighted by Crippen LogP contribution is -2.10. The molecule has 0 atom stereocenters. The number of phenols is 1. The van der Waals surface area contributed by atoms with Crippen molar-refractivity contribution in [1.29, 1.82) is 0 Å². The molecular weight excluding hydrogens is 254 g/mol. The van der Waals surface area contributed by atoms with Crippen molar-refractivity contribution >= 4 is 11.6 Å². The van der Waals surface area contributed by atoms with Crippen molar-refractivity contribution in [2.75, 3.05) is 7.11 Å². The van der Waals surface area contributed by atoms with Crippen molar-refractivity contribution in [3.63, 3.8) is 0 Å². The van der Waals surface area contributed by atoms with E-state index in [-0.39, 0.29) is 11.3 Å². The van der Waals surface area contributed by atoms with Crippen LogP contribution in [0.1, 0.15) is 10.4 Å². The lowest BCUT2D eigenvalue weighted by Gasteiger charge is -2.07. The molecule has 0 aliphatic rings. The molecule has 98 valence electrons. The Hall–Kier alpha value is -2.90. The molecule has 0 saturated carbocycles. The van der Waals surface area contributed by atoms with Crippen molar-refractivity contribution in [3.05, 3.63) is 46.5 Å². The fraction of sp³-hybridized carbons (Fsp3) is 0.0909. The second kappa shape index (κ2) is 4.77. The monoisotopic (exact) mass is 263 g/mol. The summed E-state index contributed by atoms with van der Waals surface area (Å²) in [6, 6.07) is 2.21. The third-order valence-electron chi connectivity index (χ3n) is 2.46. The average molecular weight is 263 g/mol. The number of benzene rings is 1. The summed E-state index contributed by atoms with van der Waals surface area (Å²) in [7, 11) is 1.24. The van der Waals surface area contributed by atoms with Gasteiger partial charge in [0.05, 0.1) is 17.6 Å². The lowest BCUT2D eigenvalue weighted by atomic mass is 10.1. The van der Waals surface area contributed by atoms with Gasteiger partial charge in [0.25, 0.3) is 5.91 Å². The first-order chi connectivity index (χ1) is 9.04. The number of methoxy groups -OCH3 is 1. The van der Waals surface area contributed by atoms with E-state index >= 15 is 0 Å². The molecule has 19 heavy (non-hydrogen) atoms. The summed E-state index contributed by atoms with van der Waals surface area (Å²) in [6.45, 7) is 0. The minimum atomic E-state index is -0.789. The van der Waals surface area contributed by atoms with Gasteiger partial charge in [-0.2, -0.15) is 0 Å². The van der Waals surface area contributed by atoms with Gasteiger partial charge in [0.15, 0.2) is 5.75 Å². The van der Waals surface area contributed by atoms with E-state index in [9.17, 15) is 20.0 Å². The Morgan fingerprint density at radius 1 is 1.53 bits per heavy atom. The zero-order valence-electron chi connectivity index (χ0n) is 9.81. The third-order valence-corrected chi connectivity index (χ3v) is 2.46. The number of rotatable bonds is 3. The van der Waals surface area contributed by atoms with Gasteiger partial charge in [-0.15, -0.1) is 0 Å².